The van der Waals surface area contributed by atoms with Crippen molar-refractivity contribution in [3.8, 4) is 0 Å². The van der Waals surface area contributed by atoms with Gasteiger partial charge < -0.3 is 5.11 Å². The molecule has 0 aromatic heterocycles. The van der Waals surface area contributed by atoms with Crippen LogP contribution in [-0.4, -0.2) is 35.1 Å². The predicted molar refractivity (Wildman–Crippen MR) is 61.2 cm³/mol. The maximum Gasteiger partial charge on any atom is 0.306 e. The molecule has 0 aromatic rings. The lowest BCUT2D eigenvalue weighted by atomic mass is 9.77. The molecule has 2 atom stereocenters. The van der Waals surface area contributed by atoms with E-state index in [1.165, 1.54) is 38.8 Å². The monoisotopic (exact) mass is 223 g/mol. The van der Waals surface area contributed by atoms with Crippen molar-refractivity contribution in [2.24, 2.45) is 11.3 Å². The summed E-state index contributed by atoms with van der Waals surface area (Å²) < 4.78 is 0. The zero-order valence-corrected chi connectivity index (χ0v) is 9.82. The Balaban J connectivity index is 1.52. The van der Waals surface area contributed by atoms with Crippen LogP contribution in [0.5, 0.6) is 0 Å². The van der Waals surface area contributed by atoms with Gasteiger partial charge in [-0.2, -0.15) is 0 Å². The Hall–Kier alpha value is -0.570. The van der Waals surface area contributed by atoms with Gasteiger partial charge in [0.05, 0.1) is 5.92 Å². The first kappa shape index (κ1) is 10.6. The van der Waals surface area contributed by atoms with Crippen molar-refractivity contribution in [3.63, 3.8) is 0 Å². The minimum absolute atomic E-state index is 0.0647. The van der Waals surface area contributed by atoms with Crippen LogP contribution in [0.25, 0.3) is 0 Å². The highest BCUT2D eigenvalue weighted by Gasteiger charge is 2.48. The van der Waals surface area contributed by atoms with Crippen molar-refractivity contribution in [1.29, 1.82) is 0 Å². The molecule has 90 valence electrons. The third kappa shape index (κ3) is 1.65. The summed E-state index contributed by atoms with van der Waals surface area (Å²) in [5.41, 5.74) is 0.654. The smallest absolute Gasteiger partial charge is 0.306 e. The van der Waals surface area contributed by atoms with E-state index in [-0.39, 0.29) is 5.92 Å². The highest BCUT2D eigenvalue weighted by Crippen LogP contribution is 2.48. The van der Waals surface area contributed by atoms with Gasteiger partial charge in [0.1, 0.15) is 0 Å². The number of hydrogen-bond acceptors (Lipinski definition) is 2. The summed E-state index contributed by atoms with van der Waals surface area (Å²) in [6.45, 7) is 2.51. The molecule has 3 heteroatoms. The summed E-state index contributed by atoms with van der Waals surface area (Å²) in [5.74, 6) is -0.649. The summed E-state index contributed by atoms with van der Waals surface area (Å²) in [6.07, 6.45) is 8.55. The quantitative estimate of drug-likeness (QED) is 0.779. The van der Waals surface area contributed by atoms with Crippen LogP contribution in [-0.2, 0) is 4.79 Å². The number of aliphatic carboxylic acids is 1. The molecule has 3 fully saturated rings. The van der Waals surface area contributed by atoms with Crippen LogP contribution in [0.15, 0.2) is 0 Å². The zero-order valence-electron chi connectivity index (χ0n) is 9.82. The predicted octanol–water partition coefficient (Wildman–Crippen LogP) is 2.12. The second-order valence-electron chi connectivity index (χ2n) is 6.11. The molecular formula is C13H21NO2. The summed E-state index contributed by atoms with van der Waals surface area (Å²) in [5, 5.41) is 8.99. The van der Waals surface area contributed by atoms with Crippen LogP contribution in [0, 0.1) is 11.3 Å². The molecule has 0 aromatic carbocycles. The Morgan fingerprint density at radius 3 is 2.44 bits per heavy atom. The van der Waals surface area contributed by atoms with Gasteiger partial charge >= 0.3 is 5.97 Å². The Morgan fingerprint density at radius 1 is 1.19 bits per heavy atom. The topological polar surface area (TPSA) is 40.5 Å². The van der Waals surface area contributed by atoms with Crippen molar-refractivity contribution in [2.45, 2.75) is 51.0 Å². The van der Waals surface area contributed by atoms with E-state index < -0.39 is 5.97 Å². The molecule has 1 heterocycles. The van der Waals surface area contributed by atoms with Crippen LogP contribution < -0.4 is 0 Å². The van der Waals surface area contributed by atoms with Crippen molar-refractivity contribution in [2.75, 3.05) is 13.1 Å². The Kier molecular flexibility index (Phi) is 2.46. The second-order valence-corrected chi connectivity index (χ2v) is 6.11. The van der Waals surface area contributed by atoms with Crippen LogP contribution in [0.2, 0.25) is 0 Å². The van der Waals surface area contributed by atoms with Gasteiger partial charge in [0.25, 0.3) is 0 Å². The molecule has 0 bridgehead atoms. The molecule has 3 rings (SSSR count). The second kappa shape index (κ2) is 3.73. The lowest BCUT2D eigenvalue weighted by Gasteiger charge is -2.51. The average molecular weight is 223 g/mol. The number of carboxylic acid groups (broad SMARTS) is 1. The molecular weight excluding hydrogens is 202 g/mol. The van der Waals surface area contributed by atoms with Gasteiger partial charge in [-0.05, 0) is 37.5 Å². The normalized spacial score (nSPS) is 37.8. The number of carboxylic acids is 1. The van der Waals surface area contributed by atoms with Gasteiger partial charge in [-0.1, -0.05) is 12.8 Å². The molecule has 0 amide bonds. The third-order valence-corrected chi connectivity index (χ3v) is 5.01. The molecule has 1 aliphatic heterocycles. The largest absolute Gasteiger partial charge is 0.481 e. The van der Waals surface area contributed by atoms with Gasteiger partial charge in [-0.3, -0.25) is 9.69 Å². The molecule has 2 saturated carbocycles. The lowest BCUT2D eigenvalue weighted by molar-refractivity contribution is -0.141. The van der Waals surface area contributed by atoms with Crippen molar-refractivity contribution in [1.82, 2.24) is 4.90 Å². The fourth-order valence-corrected chi connectivity index (χ4v) is 4.03. The first-order valence-electron chi connectivity index (χ1n) is 6.65. The maximum absolute atomic E-state index is 10.9. The highest BCUT2D eigenvalue weighted by atomic mass is 16.4. The lowest BCUT2D eigenvalue weighted by Crippen LogP contribution is -2.58. The van der Waals surface area contributed by atoms with Crippen molar-refractivity contribution in [3.05, 3.63) is 0 Å². The number of rotatable bonds is 2. The van der Waals surface area contributed by atoms with E-state index in [0.29, 0.717) is 11.5 Å². The van der Waals surface area contributed by atoms with Crippen LogP contribution >= 0.6 is 0 Å². The Labute approximate surface area is 96.8 Å². The van der Waals surface area contributed by atoms with E-state index in [1.54, 1.807) is 0 Å². The Morgan fingerprint density at radius 2 is 1.88 bits per heavy atom. The minimum atomic E-state index is -0.585. The highest BCUT2D eigenvalue weighted by molar-refractivity contribution is 5.70. The maximum atomic E-state index is 10.9. The summed E-state index contributed by atoms with van der Waals surface area (Å²) >= 11 is 0. The van der Waals surface area contributed by atoms with Crippen LogP contribution in [0.4, 0.5) is 0 Å². The molecule has 3 aliphatic rings. The van der Waals surface area contributed by atoms with E-state index in [0.717, 1.165) is 19.3 Å². The average Bonchev–Trinajstić information content (AvgIpc) is 2.84. The molecule has 2 aliphatic carbocycles. The van der Waals surface area contributed by atoms with E-state index in [9.17, 15) is 4.79 Å². The third-order valence-electron chi connectivity index (χ3n) is 5.01. The standard InChI is InChI=1S/C13H21NO2/c15-12(16)10-3-4-11(7-10)14-8-13(9-14)5-1-2-6-13/h10-11H,1-9H2,(H,15,16). The summed E-state index contributed by atoms with van der Waals surface area (Å²) in [7, 11) is 0. The SMILES string of the molecule is O=C(O)C1CCC(N2CC3(CCCC3)C2)C1. The van der Waals surface area contributed by atoms with Gasteiger partial charge in [0.2, 0.25) is 0 Å². The van der Waals surface area contributed by atoms with Gasteiger partial charge in [-0.25, -0.2) is 0 Å². The minimum Gasteiger partial charge on any atom is -0.481 e. The number of hydrogen-bond donors (Lipinski definition) is 1. The first-order valence-corrected chi connectivity index (χ1v) is 6.65. The van der Waals surface area contributed by atoms with E-state index in [2.05, 4.69) is 4.90 Å². The number of nitrogens with zero attached hydrogens (tertiary/aromatic N) is 1. The molecule has 2 unspecified atom stereocenters. The van der Waals surface area contributed by atoms with E-state index in [4.69, 9.17) is 5.11 Å². The molecule has 3 nitrogen and oxygen atoms in total. The fraction of sp³-hybridized carbons (Fsp3) is 0.923. The van der Waals surface area contributed by atoms with Crippen LogP contribution in [0.1, 0.15) is 44.9 Å². The van der Waals surface area contributed by atoms with Gasteiger partial charge in [0, 0.05) is 19.1 Å². The summed E-state index contributed by atoms with van der Waals surface area (Å²) in [4.78, 5) is 13.5. The first-order chi connectivity index (χ1) is 7.69. The zero-order chi connectivity index (χ0) is 11.2. The van der Waals surface area contributed by atoms with Crippen molar-refractivity contribution < 1.29 is 9.90 Å². The molecule has 0 radical (unpaired) electrons. The molecule has 16 heavy (non-hydrogen) atoms. The van der Waals surface area contributed by atoms with Gasteiger partial charge in [0.15, 0.2) is 0 Å². The molecule has 1 saturated heterocycles. The van der Waals surface area contributed by atoms with Crippen molar-refractivity contribution >= 4 is 5.97 Å². The fourth-order valence-electron chi connectivity index (χ4n) is 4.03. The Bertz CT molecular complexity index is 288. The van der Waals surface area contributed by atoms with E-state index in [1.807, 2.05) is 0 Å². The van der Waals surface area contributed by atoms with E-state index >= 15 is 0 Å². The number of carbonyl (C=O) groups is 1. The van der Waals surface area contributed by atoms with Crippen LogP contribution in [0.3, 0.4) is 0 Å². The molecule has 1 N–H and O–H groups in total. The number of likely N-dealkylation sites (tertiary alicyclic amines) is 1. The van der Waals surface area contributed by atoms with Gasteiger partial charge in [-0.15, -0.1) is 0 Å². The molecule has 1 spiro atoms. The summed E-state index contributed by atoms with van der Waals surface area (Å²) in [6, 6.07) is 0.576.